The summed E-state index contributed by atoms with van der Waals surface area (Å²) in [6.45, 7) is 1.53. The number of sulfonamides is 1. The van der Waals surface area contributed by atoms with Gasteiger partial charge in [-0.1, -0.05) is 41.7 Å². The van der Waals surface area contributed by atoms with Crippen LogP contribution in [0.5, 0.6) is 5.75 Å². The number of rotatable bonds is 6. The Labute approximate surface area is 190 Å². The van der Waals surface area contributed by atoms with Crippen molar-refractivity contribution in [3.63, 3.8) is 0 Å². The molecule has 0 amide bonds. The average Bonchev–Trinajstić information content (AvgIpc) is 3.39. The maximum Gasteiger partial charge on any atom is 0.234 e. The van der Waals surface area contributed by atoms with Gasteiger partial charge in [0.2, 0.25) is 15.0 Å². The maximum atomic E-state index is 11.8. The van der Waals surface area contributed by atoms with Gasteiger partial charge in [-0.25, -0.2) is 12.7 Å². The molecule has 0 spiro atoms. The Kier molecular flexibility index (Phi) is 5.66. The number of hydrogen-bond acceptors (Lipinski definition) is 7. The van der Waals surface area contributed by atoms with Crippen LogP contribution in [0.4, 0.5) is 0 Å². The first-order valence-corrected chi connectivity index (χ1v) is 13.1. The van der Waals surface area contributed by atoms with E-state index >= 15 is 0 Å². The van der Waals surface area contributed by atoms with Crippen LogP contribution in [-0.4, -0.2) is 51.9 Å². The number of fused-ring (bicyclic) bond motifs is 1. The van der Waals surface area contributed by atoms with Gasteiger partial charge < -0.3 is 4.74 Å². The van der Waals surface area contributed by atoms with E-state index in [9.17, 15) is 8.42 Å². The fourth-order valence-electron chi connectivity index (χ4n) is 3.88. The third-order valence-electron chi connectivity index (χ3n) is 5.65. The molecule has 5 rings (SSSR count). The summed E-state index contributed by atoms with van der Waals surface area (Å²) in [4.78, 5) is 0.741. The fourth-order valence-corrected chi connectivity index (χ4v) is 5.61. The molecule has 0 unspecified atom stereocenters. The smallest absolute Gasteiger partial charge is 0.234 e. The third-order valence-corrected chi connectivity index (χ3v) is 7.90. The van der Waals surface area contributed by atoms with E-state index in [1.54, 1.807) is 4.52 Å². The molecular formula is C22H23N5O3S2. The zero-order chi connectivity index (χ0) is 22.1. The normalized spacial score (nSPS) is 15.9. The van der Waals surface area contributed by atoms with Crippen LogP contribution in [0.3, 0.4) is 0 Å². The second kappa shape index (κ2) is 8.61. The minimum Gasteiger partial charge on any atom is -0.489 e. The van der Waals surface area contributed by atoms with E-state index in [1.165, 1.54) is 21.9 Å². The molecule has 0 radical (unpaired) electrons. The van der Waals surface area contributed by atoms with Gasteiger partial charge in [-0.2, -0.15) is 9.61 Å². The zero-order valence-electron chi connectivity index (χ0n) is 17.6. The highest BCUT2D eigenvalue weighted by molar-refractivity contribution is 7.88. The van der Waals surface area contributed by atoms with E-state index in [0.717, 1.165) is 32.7 Å². The van der Waals surface area contributed by atoms with E-state index in [4.69, 9.17) is 9.84 Å². The third kappa shape index (κ3) is 4.38. The van der Waals surface area contributed by atoms with Crippen molar-refractivity contribution in [2.75, 3.05) is 19.3 Å². The highest BCUT2D eigenvalue weighted by atomic mass is 32.2. The Morgan fingerprint density at radius 2 is 1.75 bits per heavy atom. The minimum atomic E-state index is -3.15. The van der Waals surface area contributed by atoms with Crippen molar-refractivity contribution < 1.29 is 13.2 Å². The number of ether oxygens (including phenoxy) is 1. The van der Waals surface area contributed by atoms with Gasteiger partial charge in [-0.15, -0.1) is 10.2 Å². The number of benzene rings is 2. The Morgan fingerprint density at radius 3 is 2.44 bits per heavy atom. The van der Waals surface area contributed by atoms with E-state index in [2.05, 4.69) is 10.2 Å². The van der Waals surface area contributed by atoms with Crippen molar-refractivity contribution in [2.24, 2.45) is 0 Å². The van der Waals surface area contributed by atoms with Crippen molar-refractivity contribution in [1.82, 2.24) is 24.1 Å². The number of nitrogens with zero attached hydrogens (tertiary/aromatic N) is 5. The molecule has 0 saturated carbocycles. The van der Waals surface area contributed by atoms with Gasteiger partial charge in [0.15, 0.2) is 5.82 Å². The first kappa shape index (κ1) is 21.0. The molecule has 4 aromatic rings. The van der Waals surface area contributed by atoms with Crippen LogP contribution in [-0.2, 0) is 16.6 Å². The molecule has 32 heavy (non-hydrogen) atoms. The molecule has 10 heteroatoms. The molecule has 3 heterocycles. The predicted octanol–water partition coefficient (Wildman–Crippen LogP) is 3.57. The maximum absolute atomic E-state index is 11.8. The summed E-state index contributed by atoms with van der Waals surface area (Å²) in [5.74, 6) is 1.75. The monoisotopic (exact) mass is 469 g/mol. The van der Waals surface area contributed by atoms with Crippen LogP contribution < -0.4 is 4.74 Å². The van der Waals surface area contributed by atoms with Crippen LogP contribution in [0.1, 0.15) is 30.1 Å². The largest absolute Gasteiger partial charge is 0.489 e. The Balaban J connectivity index is 1.29. The van der Waals surface area contributed by atoms with E-state index in [-0.39, 0.29) is 5.92 Å². The molecule has 1 saturated heterocycles. The molecule has 0 atom stereocenters. The first-order chi connectivity index (χ1) is 15.5. The second-order valence-electron chi connectivity index (χ2n) is 7.89. The van der Waals surface area contributed by atoms with Gasteiger partial charge in [0.1, 0.15) is 17.4 Å². The molecular weight excluding hydrogens is 446 g/mol. The SMILES string of the molecule is CS(=O)(=O)N1CCC(c2nnc3sc(-c4ccc(OCc5ccccc5)cc4)nn23)CC1. The number of hydrogen-bond donors (Lipinski definition) is 0. The summed E-state index contributed by atoms with van der Waals surface area (Å²) in [5, 5.41) is 14.2. The topological polar surface area (TPSA) is 89.7 Å². The number of piperidine rings is 1. The average molecular weight is 470 g/mol. The summed E-state index contributed by atoms with van der Waals surface area (Å²) >= 11 is 1.49. The lowest BCUT2D eigenvalue weighted by atomic mass is 9.97. The molecule has 166 valence electrons. The molecule has 8 nitrogen and oxygen atoms in total. The van der Waals surface area contributed by atoms with E-state index in [1.807, 2.05) is 54.6 Å². The Hall–Kier alpha value is -2.82. The van der Waals surface area contributed by atoms with Crippen LogP contribution >= 0.6 is 11.3 Å². The quantitative estimate of drug-likeness (QED) is 0.429. The van der Waals surface area contributed by atoms with Crippen LogP contribution in [0, 0.1) is 0 Å². The first-order valence-electron chi connectivity index (χ1n) is 10.4. The lowest BCUT2D eigenvalue weighted by Gasteiger charge is -2.28. The molecule has 1 aliphatic rings. The Morgan fingerprint density at radius 1 is 1.03 bits per heavy atom. The van der Waals surface area contributed by atoms with Gasteiger partial charge in [0, 0.05) is 24.6 Å². The highest BCUT2D eigenvalue weighted by Crippen LogP contribution is 2.32. The molecule has 2 aromatic carbocycles. The zero-order valence-corrected chi connectivity index (χ0v) is 19.2. The van der Waals surface area contributed by atoms with Gasteiger partial charge in [-0.3, -0.25) is 0 Å². The van der Waals surface area contributed by atoms with Crippen LogP contribution in [0.25, 0.3) is 15.5 Å². The lowest BCUT2D eigenvalue weighted by Crippen LogP contribution is -2.37. The minimum absolute atomic E-state index is 0.145. The predicted molar refractivity (Wildman–Crippen MR) is 123 cm³/mol. The van der Waals surface area contributed by atoms with Gasteiger partial charge in [-0.05, 0) is 42.7 Å². The molecule has 0 aliphatic carbocycles. The van der Waals surface area contributed by atoms with Crippen molar-refractivity contribution in [2.45, 2.75) is 25.4 Å². The second-order valence-corrected chi connectivity index (χ2v) is 10.8. The molecule has 0 N–H and O–H groups in total. The van der Waals surface area contributed by atoms with Crippen LogP contribution in [0.15, 0.2) is 54.6 Å². The van der Waals surface area contributed by atoms with Crippen molar-refractivity contribution in [3.8, 4) is 16.3 Å². The van der Waals surface area contributed by atoms with Gasteiger partial charge in [0.25, 0.3) is 0 Å². The Bertz CT molecular complexity index is 1310. The molecule has 1 aliphatic heterocycles. The summed E-state index contributed by atoms with van der Waals surface area (Å²) < 4.78 is 32.7. The molecule has 1 fully saturated rings. The summed E-state index contributed by atoms with van der Waals surface area (Å²) in [7, 11) is -3.15. The number of aromatic nitrogens is 4. The van der Waals surface area contributed by atoms with Gasteiger partial charge in [0.05, 0.1) is 6.26 Å². The highest BCUT2D eigenvalue weighted by Gasteiger charge is 2.29. The van der Waals surface area contributed by atoms with E-state index in [0.29, 0.717) is 32.5 Å². The summed E-state index contributed by atoms with van der Waals surface area (Å²) in [6, 6.07) is 17.9. The summed E-state index contributed by atoms with van der Waals surface area (Å²) in [5.41, 5.74) is 2.12. The van der Waals surface area contributed by atoms with Crippen molar-refractivity contribution in [3.05, 3.63) is 66.0 Å². The lowest BCUT2D eigenvalue weighted by molar-refractivity contribution is 0.306. The van der Waals surface area contributed by atoms with Gasteiger partial charge >= 0.3 is 0 Å². The van der Waals surface area contributed by atoms with Crippen LogP contribution in [0.2, 0.25) is 0 Å². The van der Waals surface area contributed by atoms with E-state index < -0.39 is 10.0 Å². The summed E-state index contributed by atoms with van der Waals surface area (Å²) in [6.07, 6.45) is 2.69. The van der Waals surface area contributed by atoms with Crippen molar-refractivity contribution in [1.29, 1.82) is 0 Å². The van der Waals surface area contributed by atoms with Crippen molar-refractivity contribution >= 4 is 26.3 Å². The standard InChI is InChI=1S/C22H23N5O3S2/c1-32(28,29)26-13-11-17(12-14-26)20-23-24-22-27(20)25-21(31-22)18-7-9-19(10-8-18)30-15-16-5-3-2-4-6-16/h2-10,17H,11-15H2,1H3. The fraction of sp³-hybridized carbons (Fsp3) is 0.318. The molecule has 0 bridgehead atoms. The molecule has 2 aromatic heterocycles.